The van der Waals surface area contributed by atoms with E-state index in [1.54, 1.807) is 0 Å². The van der Waals surface area contributed by atoms with Crippen LogP contribution in [0.2, 0.25) is 0 Å². The molecule has 3 aliphatic rings. The van der Waals surface area contributed by atoms with Crippen LogP contribution in [-0.4, -0.2) is 53.0 Å². The van der Waals surface area contributed by atoms with E-state index < -0.39 is 11.9 Å². The van der Waals surface area contributed by atoms with Gasteiger partial charge in [-0.15, -0.1) is 0 Å². The van der Waals surface area contributed by atoms with E-state index in [0.29, 0.717) is 13.1 Å². The van der Waals surface area contributed by atoms with Crippen LogP contribution < -0.4 is 0 Å². The molecule has 0 bridgehead atoms. The Morgan fingerprint density at radius 3 is 2.37 bits per heavy atom. The van der Waals surface area contributed by atoms with Gasteiger partial charge in [0.1, 0.15) is 0 Å². The molecule has 2 saturated heterocycles. The molecule has 1 atom stereocenters. The Hall–Kier alpha value is -2.14. The molecule has 1 N–H and O–H groups in total. The Kier molecular flexibility index (Phi) is 5.04. The first-order valence-corrected chi connectivity index (χ1v) is 10.0. The van der Waals surface area contributed by atoms with Crippen molar-refractivity contribution in [2.24, 2.45) is 17.3 Å². The fourth-order valence-corrected chi connectivity index (χ4v) is 5.06. The maximum absolute atomic E-state index is 12.8. The molecule has 1 spiro atoms. The van der Waals surface area contributed by atoms with Crippen molar-refractivity contribution >= 4 is 11.9 Å². The molecule has 2 fully saturated rings. The molecule has 144 valence electrons. The predicted octanol–water partition coefficient (Wildman–Crippen LogP) is 2.78. The third-order valence-electron chi connectivity index (χ3n) is 6.72. The summed E-state index contributed by atoms with van der Waals surface area (Å²) in [6.07, 6.45) is 7.42. The van der Waals surface area contributed by atoms with Crippen LogP contribution in [0.15, 0.2) is 42.5 Å². The zero-order chi connectivity index (χ0) is 18.9. The van der Waals surface area contributed by atoms with Crippen LogP contribution in [0.3, 0.4) is 0 Å². The quantitative estimate of drug-likeness (QED) is 0.830. The van der Waals surface area contributed by atoms with Crippen molar-refractivity contribution in [3.05, 3.63) is 48.0 Å². The highest BCUT2D eigenvalue weighted by molar-refractivity contribution is 5.82. The van der Waals surface area contributed by atoms with Crippen LogP contribution in [-0.2, 0) is 16.1 Å². The van der Waals surface area contributed by atoms with Crippen LogP contribution in [0.25, 0.3) is 0 Å². The summed E-state index contributed by atoms with van der Waals surface area (Å²) in [7, 11) is 0. The summed E-state index contributed by atoms with van der Waals surface area (Å²) in [6.45, 7) is 3.68. The minimum Gasteiger partial charge on any atom is -0.481 e. The van der Waals surface area contributed by atoms with Crippen LogP contribution in [0.5, 0.6) is 0 Å². The van der Waals surface area contributed by atoms with E-state index in [1.165, 1.54) is 5.56 Å². The molecule has 1 unspecified atom stereocenters. The highest BCUT2D eigenvalue weighted by Crippen LogP contribution is 2.45. The molecule has 0 radical (unpaired) electrons. The lowest BCUT2D eigenvalue weighted by Crippen LogP contribution is -2.46. The van der Waals surface area contributed by atoms with Crippen molar-refractivity contribution in [1.82, 2.24) is 9.80 Å². The van der Waals surface area contributed by atoms with Gasteiger partial charge in [0.2, 0.25) is 5.91 Å². The van der Waals surface area contributed by atoms with Gasteiger partial charge in [-0.25, -0.2) is 0 Å². The summed E-state index contributed by atoms with van der Waals surface area (Å²) < 4.78 is 0. The van der Waals surface area contributed by atoms with Crippen LogP contribution in [0, 0.1) is 17.3 Å². The van der Waals surface area contributed by atoms with E-state index in [2.05, 4.69) is 41.3 Å². The Morgan fingerprint density at radius 2 is 1.74 bits per heavy atom. The number of likely N-dealkylation sites (tertiary alicyclic amines) is 2. The first kappa shape index (κ1) is 18.2. The van der Waals surface area contributed by atoms with Gasteiger partial charge in [0, 0.05) is 31.0 Å². The van der Waals surface area contributed by atoms with E-state index in [-0.39, 0.29) is 17.2 Å². The fourth-order valence-electron chi connectivity index (χ4n) is 5.06. The molecule has 1 amide bonds. The number of benzene rings is 1. The summed E-state index contributed by atoms with van der Waals surface area (Å²) in [5, 5.41) is 9.83. The summed E-state index contributed by atoms with van der Waals surface area (Å²) in [5.41, 5.74) is 1.03. The Morgan fingerprint density at radius 1 is 1.07 bits per heavy atom. The average molecular weight is 368 g/mol. The lowest BCUT2D eigenvalue weighted by atomic mass is 9.71. The SMILES string of the molecule is O=C(O)C1CN(C(=O)C2CC=CC2)CC12CCN(Cc1ccccc1)CC2. The average Bonchev–Trinajstić information content (AvgIpc) is 3.33. The number of carboxylic acids is 1. The van der Waals surface area contributed by atoms with E-state index in [4.69, 9.17) is 0 Å². The van der Waals surface area contributed by atoms with E-state index >= 15 is 0 Å². The number of carbonyl (C=O) groups is 2. The van der Waals surface area contributed by atoms with E-state index in [9.17, 15) is 14.7 Å². The van der Waals surface area contributed by atoms with Crippen LogP contribution in [0.1, 0.15) is 31.2 Å². The summed E-state index contributed by atoms with van der Waals surface area (Å²) in [4.78, 5) is 29.1. The van der Waals surface area contributed by atoms with Crippen molar-refractivity contribution in [2.75, 3.05) is 26.2 Å². The molecular formula is C22H28N2O3. The number of hydrogen-bond acceptors (Lipinski definition) is 3. The van der Waals surface area contributed by atoms with Crippen molar-refractivity contribution in [2.45, 2.75) is 32.2 Å². The third-order valence-corrected chi connectivity index (χ3v) is 6.72. The topological polar surface area (TPSA) is 60.9 Å². The van der Waals surface area contributed by atoms with Crippen LogP contribution in [0.4, 0.5) is 0 Å². The molecule has 2 aliphatic heterocycles. The molecule has 1 aliphatic carbocycles. The number of hydrogen-bond donors (Lipinski definition) is 1. The number of amides is 1. The normalized spacial score (nSPS) is 25.3. The van der Waals surface area contributed by atoms with Gasteiger partial charge in [0.25, 0.3) is 0 Å². The molecule has 2 heterocycles. The lowest BCUT2D eigenvalue weighted by Gasteiger charge is -2.41. The van der Waals surface area contributed by atoms with Gasteiger partial charge in [-0.1, -0.05) is 42.5 Å². The Bertz CT molecular complexity index is 714. The molecule has 1 aromatic carbocycles. The smallest absolute Gasteiger partial charge is 0.308 e. The maximum atomic E-state index is 12.8. The number of carbonyl (C=O) groups excluding carboxylic acids is 1. The van der Waals surface area contributed by atoms with Gasteiger partial charge in [-0.3, -0.25) is 14.5 Å². The standard InChI is InChI=1S/C22H28N2O3/c25-20(18-8-4-5-9-18)24-15-19(21(26)27)22(16-24)10-12-23(13-11-22)14-17-6-2-1-3-7-17/h1-7,18-19H,8-16H2,(H,26,27). The Labute approximate surface area is 160 Å². The largest absolute Gasteiger partial charge is 0.481 e. The number of nitrogens with zero attached hydrogens (tertiary/aromatic N) is 2. The number of piperidine rings is 1. The zero-order valence-corrected chi connectivity index (χ0v) is 15.7. The third kappa shape index (κ3) is 3.65. The number of rotatable bonds is 4. The van der Waals surface area contributed by atoms with Gasteiger partial charge >= 0.3 is 5.97 Å². The molecular weight excluding hydrogens is 340 g/mol. The predicted molar refractivity (Wildman–Crippen MR) is 103 cm³/mol. The molecule has 5 nitrogen and oxygen atoms in total. The maximum Gasteiger partial charge on any atom is 0.308 e. The molecule has 27 heavy (non-hydrogen) atoms. The van der Waals surface area contributed by atoms with Gasteiger partial charge < -0.3 is 10.0 Å². The van der Waals surface area contributed by atoms with Crippen molar-refractivity contribution < 1.29 is 14.7 Å². The van der Waals surface area contributed by atoms with E-state index in [1.807, 2.05) is 11.0 Å². The lowest BCUT2D eigenvalue weighted by molar-refractivity contribution is -0.145. The second-order valence-corrected chi connectivity index (χ2v) is 8.37. The summed E-state index contributed by atoms with van der Waals surface area (Å²) in [5.74, 6) is -1.01. The van der Waals surface area contributed by atoms with E-state index in [0.717, 1.165) is 45.3 Å². The van der Waals surface area contributed by atoms with Crippen molar-refractivity contribution in [3.63, 3.8) is 0 Å². The highest BCUT2D eigenvalue weighted by atomic mass is 16.4. The van der Waals surface area contributed by atoms with Gasteiger partial charge in [-0.2, -0.15) is 0 Å². The van der Waals surface area contributed by atoms with Crippen molar-refractivity contribution in [3.8, 4) is 0 Å². The second-order valence-electron chi connectivity index (χ2n) is 8.37. The van der Waals surface area contributed by atoms with Crippen LogP contribution >= 0.6 is 0 Å². The number of allylic oxidation sites excluding steroid dienone is 2. The molecule has 1 aromatic rings. The molecule has 0 saturated carbocycles. The number of carboxylic acid groups (broad SMARTS) is 1. The monoisotopic (exact) mass is 368 g/mol. The summed E-state index contributed by atoms with van der Waals surface area (Å²) >= 11 is 0. The first-order chi connectivity index (χ1) is 13.1. The minimum absolute atomic E-state index is 0.0211. The minimum atomic E-state index is -0.744. The second kappa shape index (κ2) is 7.47. The van der Waals surface area contributed by atoms with Gasteiger partial charge in [0.05, 0.1) is 5.92 Å². The zero-order valence-electron chi connectivity index (χ0n) is 15.7. The Balaban J connectivity index is 1.42. The fraction of sp³-hybridized carbons (Fsp3) is 0.545. The summed E-state index contributed by atoms with van der Waals surface area (Å²) in [6, 6.07) is 10.4. The first-order valence-electron chi connectivity index (χ1n) is 10.0. The van der Waals surface area contributed by atoms with Crippen molar-refractivity contribution in [1.29, 1.82) is 0 Å². The molecule has 0 aromatic heterocycles. The molecule has 5 heteroatoms. The van der Waals surface area contributed by atoms with Gasteiger partial charge in [0.15, 0.2) is 0 Å². The van der Waals surface area contributed by atoms with Gasteiger partial charge in [-0.05, 0) is 44.3 Å². The molecule has 4 rings (SSSR count). The number of aliphatic carboxylic acids is 1. The highest BCUT2D eigenvalue weighted by Gasteiger charge is 2.52.